The number of unbranched alkanes of at least 4 members (excludes halogenated alkanes) is 1. The monoisotopic (exact) mass is 232 g/mol. The third-order valence-corrected chi connectivity index (χ3v) is 2.86. The highest BCUT2D eigenvalue weighted by molar-refractivity contribution is 5.68. The van der Waals surface area contributed by atoms with Gasteiger partial charge in [0.2, 0.25) is 0 Å². The molecular formula is C13H20N4. The Morgan fingerprint density at radius 1 is 1.18 bits per heavy atom. The molecule has 0 bridgehead atoms. The Labute approximate surface area is 102 Å². The van der Waals surface area contributed by atoms with Gasteiger partial charge < -0.3 is 4.57 Å². The number of imidazole rings is 1. The molecule has 0 radical (unpaired) electrons. The van der Waals surface area contributed by atoms with Crippen molar-refractivity contribution >= 4 is 11.2 Å². The van der Waals surface area contributed by atoms with Crippen LogP contribution in [-0.4, -0.2) is 19.5 Å². The normalized spacial score (nSPS) is 12.2. The van der Waals surface area contributed by atoms with Crippen LogP contribution in [-0.2, 0) is 6.54 Å². The number of fused-ring (bicyclic) bond motifs is 1. The zero-order valence-corrected chi connectivity index (χ0v) is 10.8. The van der Waals surface area contributed by atoms with E-state index in [-0.39, 0.29) is 0 Å². The van der Waals surface area contributed by atoms with Crippen LogP contribution >= 0.6 is 0 Å². The van der Waals surface area contributed by atoms with Gasteiger partial charge in [-0.05, 0) is 18.3 Å². The molecule has 2 aromatic rings. The van der Waals surface area contributed by atoms with Gasteiger partial charge in [-0.1, -0.05) is 27.2 Å². The maximum absolute atomic E-state index is 4.28. The number of hydrogen-bond donors (Lipinski definition) is 0. The summed E-state index contributed by atoms with van der Waals surface area (Å²) in [6.07, 6.45) is 8.87. The Hall–Kier alpha value is -1.45. The Kier molecular flexibility index (Phi) is 3.41. The number of rotatable bonds is 4. The van der Waals surface area contributed by atoms with Crippen molar-refractivity contribution in [3.63, 3.8) is 0 Å². The first kappa shape index (κ1) is 12.0. The summed E-state index contributed by atoms with van der Waals surface area (Å²) in [4.78, 5) is 12.5. The highest BCUT2D eigenvalue weighted by Gasteiger charge is 2.09. The third-order valence-electron chi connectivity index (χ3n) is 2.86. The second-order valence-corrected chi connectivity index (χ2v) is 5.69. The second-order valence-electron chi connectivity index (χ2n) is 5.69. The fourth-order valence-electron chi connectivity index (χ4n) is 1.92. The predicted molar refractivity (Wildman–Crippen MR) is 68.6 cm³/mol. The molecule has 0 unspecified atom stereocenters. The van der Waals surface area contributed by atoms with Gasteiger partial charge in [0.05, 0.1) is 12.5 Å². The smallest absolute Gasteiger partial charge is 0.163 e. The highest BCUT2D eigenvalue weighted by Crippen LogP contribution is 2.21. The van der Waals surface area contributed by atoms with Crippen LogP contribution in [0.4, 0.5) is 0 Å². The van der Waals surface area contributed by atoms with Crippen LogP contribution in [0.15, 0.2) is 18.9 Å². The van der Waals surface area contributed by atoms with Crippen LogP contribution in [0, 0.1) is 5.41 Å². The Morgan fingerprint density at radius 3 is 2.76 bits per heavy atom. The van der Waals surface area contributed by atoms with Crippen molar-refractivity contribution in [2.75, 3.05) is 0 Å². The van der Waals surface area contributed by atoms with Crippen molar-refractivity contribution in [2.45, 2.75) is 46.6 Å². The second kappa shape index (κ2) is 4.82. The zero-order valence-electron chi connectivity index (χ0n) is 10.8. The van der Waals surface area contributed by atoms with E-state index in [0.717, 1.165) is 17.7 Å². The molecule has 0 aromatic carbocycles. The average Bonchev–Trinajstić information content (AvgIpc) is 2.67. The van der Waals surface area contributed by atoms with Crippen molar-refractivity contribution in [1.29, 1.82) is 0 Å². The van der Waals surface area contributed by atoms with Crippen LogP contribution in [0.3, 0.4) is 0 Å². The van der Waals surface area contributed by atoms with Crippen molar-refractivity contribution in [2.24, 2.45) is 5.41 Å². The highest BCUT2D eigenvalue weighted by atomic mass is 15.1. The molecule has 0 aliphatic rings. The molecule has 0 aliphatic carbocycles. The lowest BCUT2D eigenvalue weighted by Crippen LogP contribution is -2.05. The third kappa shape index (κ3) is 3.25. The van der Waals surface area contributed by atoms with Gasteiger partial charge in [0.25, 0.3) is 0 Å². The van der Waals surface area contributed by atoms with E-state index in [2.05, 4.69) is 40.3 Å². The molecule has 0 N–H and O–H groups in total. The van der Waals surface area contributed by atoms with Crippen LogP contribution in [0.25, 0.3) is 11.2 Å². The van der Waals surface area contributed by atoms with Gasteiger partial charge in [-0.2, -0.15) is 0 Å². The van der Waals surface area contributed by atoms with Gasteiger partial charge in [0, 0.05) is 6.54 Å². The molecule has 92 valence electrons. The Morgan fingerprint density at radius 2 is 2.00 bits per heavy atom. The zero-order chi connectivity index (χ0) is 12.3. The van der Waals surface area contributed by atoms with Gasteiger partial charge in [-0.3, -0.25) is 0 Å². The van der Waals surface area contributed by atoms with Gasteiger partial charge >= 0.3 is 0 Å². The molecule has 2 aromatic heterocycles. The summed E-state index contributed by atoms with van der Waals surface area (Å²) in [5.41, 5.74) is 2.25. The van der Waals surface area contributed by atoms with Crippen LogP contribution < -0.4 is 0 Å². The molecule has 0 fully saturated rings. The van der Waals surface area contributed by atoms with Gasteiger partial charge in [0.15, 0.2) is 5.65 Å². The van der Waals surface area contributed by atoms with Crippen LogP contribution in [0.1, 0.15) is 40.0 Å². The molecule has 0 saturated heterocycles. The van der Waals surface area contributed by atoms with E-state index in [1.54, 1.807) is 12.5 Å². The Bertz CT molecular complexity index is 481. The molecule has 0 aliphatic heterocycles. The summed E-state index contributed by atoms with van der Waals surface area (Å²) in [6, 6.07) is 0. The molecule has 0 saturated carbocycles. The summed E-state index contributed by atoms with van der Waals surface area (Å²) in [5, 5.41) is 0. The number of aryl methyl sites for hydroxylation is 1. The van der Waals surface area contributed by atoms with E-state index in [4.69, 9.17) is 0 Å². The number of aromatic nitrogens is 4. The van der Waals surface area contributed by atoms with Gasteiger partial charge in [0.1, 0.15) is 11.8 Å². The lowest BCUT2D eigenvalue weighted by Gasteiger charge is -2.17. The molecular weight excluding hydrogens is 212 g/mol. The molecule has 2 rings (SSSR count). The van der Waals surface area contributed by atoms with Crippen molar-refractivity contribution in [1.82, 2.24) is 19.5 Å². The molecule has 0 atom stereocenters. The van der Waals surface area contributed by atoms with E-state index >= 15 is 0 Å². The number of nitrogens with zero attached hydrogens (tertiary/aromatic N) is 4. The van der Waals surface area contributed by atoms with Crippen molar-refractivity contribution in [3.8, 4) is 0 Å². The number of hydrogen-bond acceptors (Lipinski definition) is 3. The quantitative estimate of drug-likeness (QED) is 0.761. The lowest BCUT2D eigenvalue weighted by molar-refractivity contribution is 0.355. The minimum atomic E-state index is 0.430. The fraction of sp³-hybridized carbons (Fsp3) is 0.615. The van der Waals surface area contributed by atoms with E-state index < -0.39 is 0 Å². The lowest BCUT2D eigenvalue weighted by atomic mass is 9.90. The molecule has 0 amide bonds. The fourth-order valence-corrected chi connectivity index (χ4v) is 1.92. The molecule has 4 nitrogen and oxygen atoms in total. The average molecular weight is 232 g/mol. The first-order valence-electron chi connectivity index (χ1n) is 6.17. The topological polar surface area (TPSA) is 43.6 Å². The minimum Gasteiger partial charge on any atom is -0.315 e. The summed E-state index contributed by atoms with van der Waals surface area (Å²) >= 11 is 0. The molecule has 0 spiro atoms. The summed E-state index contributed by atoms with van der Waals surface area (Å²) < 4.78 is 2.11. The van der Waals surface area contributed by atoms with Crippen LogP contribution in [0.5, 0.6) is 0 Å². The maximum atomic E-state index is 4.28. The summed E-state index contributed by atoms with van der Waals surface area (Å²) in [5.74, 6) is 0. The first-order valence-corrected chi connectivity index (χ1v) is 6.17. The molecule has 2 heterocycles. The largest absolute Gasteiger partial charge is 0.315 e. The van der Waals surface area contributed by atoms with Gasteiger partial charge in [-0.25, -0.2) is 15.0 Å². The van der Waals surface area contributed by atoms with Crippen LogP contribution in [0.2, 0.25) is 0 Å². The summed E-state index contributed by atoms with van der Waals surface area (Å²) in [6.45, 7) is 7.84. The standard InChI is InChI=1S/C13H20N4/c1-13(2,3)6-4-5-7-17-10-16-11-8-14-9-15-12(11)17/h8-10H,4-7H2,1-3H3. The van der Waals surface area contributed by atoms with E-state index in [1.165, 1.54) is 19.3 Å². The minimum absolute atomic E-state index is 0.430. The summed E-state index contributed by atoms with van der Waals surface area (Å²) in [7, 11) is 0. The molecule has 17 heavy (non-hydrogen) atoms. The Balaban J connectivity index is 1.91. The van der Waals surface area contributed by atoms with E-state index in [0.29, 0.717) is 5.41 Å². The maximum Gasteiger partial charge on any atom is 0.163 e. The molecule has 4 heteroatoms. The van der Waals surface area contributed by atoms with E-state index in [1.807, 2.05) is 6.33 Å². The predicted octanol–water partition coefficient (Wildman–Crippen LogP) is 3.04. The van der Waals surface area contributed by atoms with Crippen molar-refractivity contribution < 1.29 is 0 Å². The van der Waals surface area contributed by atoms with Crippen molar-refractivity contribution in [3.05, 3.63) is 18.9 Å². The van der Waals surface area contributed by atoms with Gasteiger partial charge in [-0.15, -0.1) is 0 Å². The SMILES string of the molecule is CC(C)(C)CCCCn1cnc2cncnc21. The first-order chi connectivity index (χ1) is 8.06. The van der Waals surface area contributed by atoms with E-state index in [9.17, 15) is 0 Å².